The first-order valence-corrected chi connectivity index (χ1v) is 9.07. The molecule has 0 spiro atoms. The number of methoxy groups -OCH3 is 1. The van der Waals surface area contributed by atoms with E-state index in [1.807, 2.05) is 37.3 Å². The average Bonchev–Trinajstić information content (AvgIpc) is 2.90. The minimum atomic E-state index is -0.307. The molecule has 1 heterocycles. The van der Waals surface area contributed by atoms with Crippen LogP contribution in [0.3, 0.4) is 0 Å². The fourth-order valence-corrected chi connectivity index (χ4v) is 3.29. The summed E-state index contributed by atoms with van der Waals surface area (Å²) in [5.74, 6) is 0.930. The third-order valence-corrected chi connectivity index (χ3v) is 4.59. The Morgan fingerprint density at radius 1 is 1.19 bits per heavy atom. The summed E-state index contributed by atoms with van der Waals surface area (Å²) in [6.45, 7) is 3.23. The number of rotatable bonds is 5. The number of carbonyl (C=O) groups is 2. The molecule has 2 amide bonds. The van der Waals surface area contributed by atoms with Gasteiger partial charge in [0, 0.05) is 18.7 Å². The number of amides is 2. The van der Waals surface area contributed by atoms with Crippen molar-refractivity contribution in [1.82, 2.24) is 10.2 Å². The lowest BCUT2D eigenvalue weighted by Crippen LogP contribution is -2.36. The van der Waals surface area contributed by atoms with Gasteiger partial charge in [-0.15, -0.1) is 0 Å². The molecule has 2 aromatic carbocycles. The van der Waals surface area contributed by atoms with Gasteiger partial charge in [-0.25, -0.2) is 0 Å². The lowest BCUT2D eigenvalue weighted by Gasteiger charge is -2.30. The van der Waals surface area contributed by atoms with Crippen LogP contribution in [0.5, 0.6) is 11.5 Å². The third kappa shape index (κ3) is 4.22. The van der Waals surface area contributed by atoms with E-state index in [0.717, 1.165) is 5.56 Å². The summed E-state index contributed by atoms with van der Waals surface area (Å²) in [5.41, 5.74) is 1.45. The highest BCUT2D eigenvalue weighted by atomic mass is 16.5. The minimum absolute atomic E-state index is 0.0520. The van der Waals surface area contributed by atoms with Gasteiger partial charge >= 0.3 is 0 Å². The number of nitrogens with one attached hydrogen (secondary N) is 1. The number of carbonyl (C=O) groups excluding carboxylic acids is 2. The molecule has 1 atom stereocenters. The average molecular weight is 368 g/mol. The van der Waals surface area contributed by atoms with Gasteiger partial charge in [-0.05, 0) is 30.7 Å². The Hall–Kier alpha value is -3.02. The Labute approximate surface area is 159 Å². The molecule has 0 radical (unpaired) electrons. The zero-order valence-corrected chi connectivity index (χ0v) is 15.6. The normalized spacial score (nSPS) is 17.0. The highest BCUT2D eigenvalue weighted by Gasteiger charge is 2.30. The summed E-state index contributed by atoms with van der Waals surface area (Å²) in [5, 5.41) is 2.85. The van der Waals surface area contributed by atoms with Crippen LogP contribution in [-0.4, -0.2) is 43.5 Å². The quantitative estimate of drug-likeness (QED) is 0.881. The maximum atomic E-state index is 13.3. The highest BCUT2D eigenvalue weighted by Crippen LogP contribution is 2.31. The minimum Gasteiger partial charge on any atom is -0.493 e. The molecule has 2 aromatic rings. The molecule has 1 unspecified atom stereocenters. The smallest absolute Gasteiger partial charge is 0.254 e. The predicted octanol–water partition coefficient (Wildman–Crippen LogP) is 2.80. The molecular formula is C21H24N2O4. The van der Waals surface area contributed by atoms with Crippen LogP contribution in [-0.2, 0) is 4.79 Å². The fraction of sp³-hybridized carbons (Fsp3) is 0.333. The van der Waals surface area contributed by atoms with Crippen molar-refractivity contribution in [2.45, 2.75) is 19.4 Å². The van der Waals surface area contributed by atoms with Crippen molar-refractivity contribution < 1.29 is 19.1 Å². The molecule has 1 N–H and O–H groups in total. The molecule has 142 valence electrons. The van der Waals surface area contributed by atoms with E-state index in [4.69, 9.17) is 9.47 Å². The molecule has 0 saturated carbocycles. The third-order valence-electron chi connectivity index (χ3n) is 4.59. The largest absolute Gasteiger partial charge is 0.493 e. The first-order valence-electron chi connectivity index (χ1n) is 9.07. The Balaban J connectivity index is 1.95. The van der Waals surface area contributed by atoms with Crippen molar-refractivity contribution in [1.29, 1.82) is 0 Å². The topological polar surface area (TPSA) is 67.9 Å². The molecule has 1 aliphatic rings. The van der Waals surface area contributed by atoms with E-state index in [9.17, 15) is 9.59 Å². The number of nitrogens with zero attached hydrogens (tertiary/aromatic N) is 1. The van der Waals surface area contributed by atoms with Crippen molar-refractivity contribution in [3.05, 3.63) is 59.7 Å². The van der Waals surface area contributed by atoms with Gasteiger partial charge in [-0.1, -0.05) is 30.3 Å². The Kier molecular flexibility index (Phi) is 5.96. The SMILES string of the molecule is CCOc1cc(C(=O)N2CCNC(=O)CC2c2ccccc2)ccc1OC. The van der Waals surface area contributed by atoms with E-state index in [-0.39, 0.29) is 24.3 Å². The maximum absolute atomic E-state index is 13.3. The van der Waals surface area contributed by atoms with E-state index >= 15 is 0 Å². The van der Waals surface area contributed by atoms with E-state index in [1.54, 1.807) is 30.2 Å². The Bertz CT molecular complexity index is 807. The number of hydrogen-bond donors (Lipinski definition) is 1. The van der Waals surface area contributed by atoms with Gasteiger partial charge < -0.3 is 19.7 Å². The summed E-state index contributed by atoms with van der Waals surface area (Å²) in [6.07, 6.45) is 0.240. The van der Waals surface area contributed by atoms with Crippen LogP contribution >= 0.6 is 0 Å². The van der Waals surface area contributed by atoms with Crippen molar-refractivity contribution in [3.8, 4) is 11.5 Å². The summed E-state index contributed by atoms with van der Waals surface area (Å²) >= 11 is 0. The van der Waals surface area contributed by atoms with Crippen LogP contribution in [0.2, 0.25) is 0 Å². The zero-order valence-electron chi connectivity index (χ0n) is 15.6. The van der Waals surface area contributed by atoms with Gasteiger partial charge in [0.2, 0.25) is 5.91 Å². The lowest BCUT2D eigenvalue weighted by atomic mass is 10.0. The lowest BCUT2D eigenvalue weighted by molar-refractivity contribution is -0.121. The van der Waals surface area contributed by atoms with E-state index in [0.29, 0.717) is 36.8 Å². The first-order chi connectivity index (χ1) is 13.1. The van der Waals surface area contributed by atoms with Gasteiger partial charge in [-0.2, -0.15) is 0 Å². The maximum Gasteiger partial charge on any atom is 0.254 e. The van der Waals surface area contributed by atoms with Gasteiger partial charge in [0.15, 0.2) is 11.5 Å². The number of ether oxygens (including phenoxy) is 2. The number of hydrogen-bond acceptors (Lipinski definition) is 4. The Morgan fingerprint density at radius 2 is 1.96 bits per heavy atom. The van der Waals surface area contributed by atoms with E-state index < -0.39 is 0 Å². The number of benzene rings is 2. The van der Waals surface area contributed by atoms with Crippen LogP contribution in [0.15, 0.2) is 48.5 Å². The summed E-state index contributed by atoms with van der Waals surface area (Å²) in [6, 6.07) is 14.5. The molecule has 6 nitrogen and oxygen atoms in total. The second kappa shape index (κ2) is 8.58. The molecule has 1 fully saturated rings. The zero-order chi connectivity index (χ0) is 19.2. The molecule has 1 aliphatic heterocycles. The van der Waals surface area contributed by atoms with Gasteiger partial charge in [0.05, 0.1) is 26.2 Å². The van der Waals surface area contributed by atoms with E-state index in [2.05, 4.69) is 5.32 Å². The van der Waals surface area contributed by atoms with Crippen LogP contribution in [0.25, 0.3) is 0 Å². The molecule has 1 saturated heterocycles. The van der Waals surface area contributed by atoms with Crippen molar-refractivity contribution in [2.75, 3.05) is 26.8 Å². The van der Waals surface area contributed by atoms with Crippen LogP contribution in [0.1, 0.15) is 35.3 Å². The van der Waals surface area contributed by atoms with Crippen LogP contribution in [0.4, 0.5) is 0 Å². The fourth-order valence-electron chi connectivity index (χ4n) is 3.29. The molecule has 27 heavy (non-hydrogen) atoms. The van der Waals surface area contributed by atoms with Crippen LogP contribution in [0, 0.1) is 0 Å². The Morgan fingerprint density at radius 3 is 2.67 bits per heavy atom. The summed E-state index contributed by atoms with van der Waals surface area (Å²) in [4.78, 5) is 27.2. The molecular weight excluding hydrogens is 344 g/mol. The van der Waals surface area contributed by atoms with Crippen LogP contribution < -0.4 is 14.8 Å². The second-order valence-electron chi connectivity index (χ2n) is 6.28. The molecule has 0 bridgehead atoms. The highest BCUT2D eigenvalue weighted by molar-refractivity contribution is 5.95. The van der Waals surface area contributed by atoms with E-state index in [1.165, 1.54) is 0 Å². The molecule has 3 rings (SSSR count). The summed E-state index contributed by atoms with van der Waals surface area (Å²) < 4.78 is 10.9. The predicted molar refractivity (Wildman–Crippen MR) is 102 cm³/mol. The van der Waals surface area contributed by atoms with Crippen molar-refractivity contribution in [3.63, 3.8) is 0 Å². The first kappa shape index (κ1) is 18.8. The standard InChI is InChI=1S/C21H24N2O4/c1-3-27-19-13-16(9-10-18(19)26-2)21(25)23-12-11-22-20(24)14-17(23)15-7-5-4-6-8-15/h4-10,13,17H,3,11-12,14H2,1-2H3,(H,22,24). The molecule has 0 aromatic heterocycles. The van der Waals surface area contributed by atoms with Crippen molar-refractivity contribution >= 4 is 11.8 Å². The van der Waals surface area contributed by atoms with Gasteiger partial charge in [-0.3, -0.25) is 9.59 Å². The van der Waals surface area contributed by atoms with Crippen molar-refractivity contribution in [2.24, 2.45) is 0 Å². The monoisotopic (exact) mass is 368 g/mol. The second-order valence-corrected chi connectivity index (χ2v) is 6.28. The van der Waals surface area contributed by atoms with Gasteiger partial charge in [0.25, 0.3) is 5.91 Å². The molecule has 0 aliphatic carbocycles. The summed E-state index contributed by atoms with van der Waals surface area (Å²) in [7, 11) is 1.57. The molecule has 6 heteroatoms. The van der Waals surface area contributed by atoms with Gasteiger partial charge in [0.1, 0.15) is 0 Å².